The van der Waals surface area contributed by atoms with Crippen LogP contribution in [0.25, 0.3) is 0 Å². The molecule has 2 aromatic rings. The fraction of sp³-hybridized carbons (Fsp3) is 0.750. The predicted molar refractivity (Wildman–Crippen MR) is 92.4 cm³/mol. The van der Waals surface area contributed by atoms with Crippen LogP contribution in [-0.2, 0) is 17.0 Å². The Morgan fingerprint density at radius 2 is 2.12 bits per heavy atom. The third-order valence-corrected chi connectivity index (χ3v) is 5.71. The minimum Gasteiger partial charge on any atom is -0.376 e. The zero-order valence-corrected chi connectivity index (χ0v) is 15.3. The van der Waals surface area contributed by atoms with Crippen molar-refractivity contribution in [1.29, 1.82) is 0 Å². The van der Waals surface area contributed by atoms with E-state index in [1.54, 1.807) is 11.8 Å². The molecule has 25 heavy (non-hydrogen) atoms. The average Bonchev–Trinajstić information content (AvgIpc) is 3.36. The molecule has 2 aliphatic rings. The van der Waals surface area contributed by atoms with Crippen LogP contribution in [0.4, 0.5) is 0 Å². The number of hydrogen-bond donors (Lipinski definition) is 1. The van der Waals surface area contributed by atoms with Crippen LogP contribution in [0.2, 0.25) is 0 Å². The lowest BCUT2D eigenvalue weighted by atomic mass is 9.97. The second kappa shape index (κ2) is 7.84. The van der Waals surface area contributed by atoms with E-state index in [-0.39, 0.29) is 6.10 Å². The first-order valence-corrected chi connectivity index (χ1v) is 9.95. The van der Waals surface area contributed by atoms with E-state index in [1.807, 2.05) is 6.92 Å². The number of thioether (sulfide) groups is 1. The van der Waals surface area contributed by atoms with E-state index in [9.17, 15) is 0 Å². The minimum atomic E-state index is 0.265. The molecule has 0 aromatic carbocycles. The Morgan fingerprint density at radius 3 is 2.84 bits per heavy atom. The molecule has 8 nitrogen and oxygen atoms in total. The van der Waals surface area contributed by atoms with Gasteiger partial charge in [-0.2, -0.15) is 4.98 Å². The molecule has 1 unspecified atom stereocenters. The maximum absolute atomic E-state index is 5.85. The third kappa shape index (κ3) is 4.04. The van der Waals surface area contributed by atoms with Crippen molar-refractivity contribution >= 4 is 11.8 Å². The lowest BCUT2D eigenvalue weighted by molar-refractivity contribution is 0.0936. The Hall–Kier alpha value is -1.45. The van der Waals surface area contributed by atoms with E-state index < -0.39 is 0 Å². The summed E-state index contributed by atoms with van der Waals surface area (Å²) < 4.78 is 13.3. The van der Waals surface area contributed by atoms with Crippen LogP contribution in [0, 0.1) is 6.92 Å². The molecule has 4 rings (SSSR count). The van der Waals surface area contributed by atoms with Gasteiger partial charge in [0.05, 0.1) is 18.4 Å². The lowest BCUT2D eigenvalue weighted by Gasteiger charge is -2.23. The van der Waals surface area contributed by atoms with Gasteiger partial charge in [-0.15, -0.1) is 10.2 Å². The Morgan fingerprint density at radius 1 is 1.24 bits per heavy atom. The Labute approximate surface area is 151 Å². The van der Waals surface area contributed by atoms with Gasteiger partial charge in [0.1, 0.15) is 5.82 Å². The number of nitrogens with one attached hydrogen (secondary N) is 1. The highest BCUT2D eigenvalue weighted by Crippen LogP contribution is 2.30. The van der Waals surface area contributed by atoms with Crippen LogP contribution < -0.4 is 5.32 Å². The van der Waals surface area contributed by atoms with Gasteiger partial charge in [0, 0.05) is 12.5 Å². The molecule has 0 saturated carbocycles. The van der Waals surface area contributed by atoms with Gasteiger partial charge in [-0.05, 0) is 45.7 Å². The summed E-state index contributed by atoms with van der Waals surface area (Å²) in [4.78, 5) is 4.27. The molecule has 2 aliphatic heterocycles. The fourth-order valence-corrected chi connectivity index (χ4v) is 4.27. The van der Waals surface area contributed by atoms with Crippen molar-refractivity contribution in [3.8, 4) is 0 Å². The van der Waals surface area contributed by atoms with Crippen molar-refractivity contribution in [2.75, 3.05) is 19.7 Å². The van der Waals surface area contributed by atoms with Gasteiger partial charge in [0.2, 0.25) is 5.89 Å². The van der Waals surface area contributed by atoms with Crippen LogP contribution in [0.5, 0.6) is 0 Å². The summed E-state index contributed by atoms with van der Waals surface area (Å²) in [6.45, 7) is 5.60. The third-order valence-electron chi connectivity index (χ3n) is 4.75. The first kappa shape index (κ1) is 17.0. The summed E-state index contributed by atoms with van der Waals surface area (Å²) in [6.07, 6.45) is 4.73. The van der Waals surface area contributed by atoms with Gasteiger partial charge in [-0.1, -0.05) is 16.9 Å². The van der Waals surface area contributed by atoms with Crippen LogP contribution in [0.3, 0.4) is 0 Å². The second-order valence-corrected chi connectivity index (χ2v) is 7.58. The van der Waals surface area contributed by atoms with Crippen molar-refractivity contribution < 1.29 is 9.26 Å². The highest BCUT2D eigenvalue weighted by Gasteiger charge is 2.26. The topological polar surface area (TPSA) is 90.9 Å². The lowest BCUT2D eigenvalue weighted by Crippen LogP contribution is -2.29. The largest absolute Gasteiger partial charge is 0.376 e. The minimum absolute atomic E-state index is 0.265. The van der Waals surface area contributed by atoms with Crippen molar-refractivity contribution in [3.05, 3.63) is 17.5 Å². The van der Waals surface area contributed by atoms with Crippen molar-refractivity contribution in [3.63, 3.8) is 0 Å². The van der Waals surface area contributed by atoms with Gasteiger partial charge in [0.25, 0.3) is 0 Å². The monoisotopic (exact) mass is 364 g/mol. The Kier molecular flexibility index (Phi) is 5.33. The smallest absolute Gasteiger partial charge is 0.237 e. The zero-order valence-electron chi connectivity index (χ0n) is 14.5. The summed E-state index contributed by atoms with van der Waals surface area (Å²) in [5.74, 6) is 3.46. The molecule has 2 aromatic heterocycles. The number of rotatable bonds is 6. The highest BCUT2D eigenvalue weighted by atomic mass is 32.2. The summed E-state index contributed by atoms with van der Waals surface area (Å²) in [5.41, 5.74) is 0. The van der Waals surface area contributed by atoms with Gasteiger partial charge < -0.3 is 19.1 Å². The van der Waals surface area contributed by atoms with E-state index in [0.717, 1.165) is 62.9 Å². The van der Waals surface area contributed by atoms with Crippen LogP contribution >= 0.6 is 11.8 Å². The van der Waals surface area contributed by atoms with E-state index in [0.29, 0.717) is 23.4 Å². The standard InChI is InChI=1S/C16H24N6O2S/c1-11-18-14(24-21-11)10-25-16-20-19-15(12-4-6-17-7-5-12)22(16)9-13-3-2-8-23-13/h12-13,17H,2-10H2,1H3. The molecule has 2 saturated heterocycles. The Balaban J connectivity index is 1.52. The molecule has 1 atom stereocenters. The second-order valence-electron chi connectivity index (χ2n) is 6.63. The highest BCUT2D eigenvalue weighted by molar-refractivity contribution is 7.98. The molecule has 0 aliphatic carbocycles. The number of aryl methyl sites for hydroxylation is 1. The number of aromatic nitrogens is 5. The summed E-state index contributed by atoms with van der Waals surface area (Å²) >= 11 is 1.60. The first-order chi connectivity index (χ1) is 12.3. The summed E-state index contributed by atoms with van der Waals surface area (Å²) in [7, 11) is 0. The molecule has 2 fully saturated rings. The molecule has 0 radical (unpaired) electrons. The zero-order chi connectivity index (χ0) is 17.1. The molecule has 9 heteroatoms. The van der Waals surface area contributed by atoms with Gasteiger partial charge in [-0.3, -0.25) is 0 Å². The number of piperidine rings is 1. The van der Waals surface area contributed by atoms with Crippen LogP contribution in [-0.4, -0.2) is 50.7 Å². The van der Waals surface area contributed by atoms with Crippen LogP contribution in [0.1, 0.15) is 49.1 Å². The predicted octanol–water partition coefficient (Wildman–Crippen LogP) is 1.91. The van der Waals surface area contributed by atoms with Gasteiger partial charge >= 0.3 is 0 Å². The number of hydrogen-bond acceptors (Lipinski definition) is 8. The maximum Gasteiger partial charge on any atom is 0.237 e. The average molecular weight is 364 g/mol. The van der Waals surface area contributed by atoms with Crippen LogP contribution in [0.15, 0.2) is 9.68 Å². The van der Waals surface area contributed by atoms with E-state index in [4.69, 9.17) is 9.26 Å². The molecule has 0 amide bonds. The van der Waals surface area contributed by atoms with Gasteiger partial charge in [0.15, 0.2) is 11.0 Å². The molecule has 1 N–H and O–H groups in total. The van der Waals surface area contributed by atoms with Crippen molar-refractivity contribution in [2.45, 2.75) is 62.1 Å². The maximum atomic E-state index is 5.85. The van der Waals surface area contributed by atoms with Crippen molar-refractivity contribution in [1.82, 2.24) is 30.2 Å². The summed E-state index contributed by atoms with van der Waals surface area (Å²) in [6, 6.07) is 0. The quantitative estimate of drug-likeness (QED) is 0.777. The molecule has 4 heterocycles. The molecular formula is C16H24N6O2S. The summed E-state index contributed by atoms with van der Waals surface area (Å²) in [5, 5.41) is 17.2. The molecular weight excluding hydrogens is 340 g/mol. The van der Waals surface area contributed by atoms with E-state index >= 15 is 0 Å². The molecule has 0 bridgehead atoms. The van der Waals surface area contributed by atoms with E-state index in [1.165, 1.54) is 0 Å². The normalized spacial score (nSPS) is 21.9. The molecule has 0 spiro atoms. The number of ether oxygens (including phenoxy) is 1. The molecule has 136 valence electrons. The first-order valence-electron chi connectivity index (χ1n) is 8.97. The fourth-order valence-electron chi connectivity index (χ4n) is 3.48. The van der Waals surface area contributed by atoms with Gasteiger partial charge in [-0.25, -0.2) is 0 Å². The van der Waals surface area contributed by atoms with Crippen molar-refractivity contribution in [2.24, 2.45) is 0 Å². The van der Waals surface area contributed by atoms with E-state index in [2.05, 4.69) is 30.2 Å². The Bertz CT molecular complexity index is 691. The number of nitrogens with zero attached hydrogens (tertiary/aromatic N) is 5. The SMILES string of the molecule is Cc1noc(CSc2nnc(C3CCNCC3)n2CC2CCCO2)n1.